The van der Waals surface area contributed by atoms with Crippen LogP contribution in [0.15, 0.2) is 36.4 Å². The second-order valence-electron chi connectivity index (χ2n) is 4.35. The molecule has 3 heteroatoms. The lowest BCUT2D eigenvalue weighted by molar-refractivity contribution is 0.149. The van der Waals surface area contributed by atoms with Crippen molar-refractivity contribution in [3.05, 3.63) is 42.0 Å². The van der Waals surface area contributed by atoms with Gasteiger partial charge in [0.2, 0.25) is 0 Å². The van der Waals surface area contributed by atoms with Crippen LogP contribution < -0.4 is 10.1 Å². The molecule has 0 saturated carbocycles. The molecule has 19 heavy (non-hydrogen) atoms. The highest BCUT2D eigenvalue weighted by Gasteiger charge is 2.05. The van der Waals surface area contributed by atoms with E-state index in [9.17, 15) is 0 Å². The number of hydrogen-bond acceptors (Lipinski definition) is 3. The number of nitrogens with one attached hydrogen (secondary N) is 1. The van der Waals surface area contributed by atoms with Crippen molar-refractivity contribution in [3.8, 4) is 5.75 Å². The number of fused-ring (bicyclic) bond motifs is 1. The lowest BCUT2D eigenvalue weighted by atomic mass is 10.0. The van der Waals surface area contributed by atoms with Gasteiger partial charge in [-0.25, -0.2) is 0 Å². The third-order valence-electron chi connectivity index (χ3n) is 3.14. The number of rotatable bonds is 7. The maximum Gasteiger partial charge on any atom is 0.126 e. The summed E-state index contributed by atoms with van der Waals surface area (Å²) in [6, 6.07) is 12.5. The molecule has 1 N–H and O–H groups in total. The van der Waals surface area contributed by atoms with Crippen LogP contribution in [0, 0.1) is 0 Å². The number of benzene rings is 2. The van der Waals surface area contributed by atoms with E-state index < -0.39 is 0 Å². The molecule has 0 unspecified atom stereocenters. The molecule has 3 nitrogen and oxygen atoms in total. The Kier molecular flexibility index (Phi) is 5.19. The molecule has 2 rings (SSSR count). The van der Waals surface area contributed by atoms with Gasteiger partial charge in [-0.05, 0) is 23.9 Å². The van der Waals surface area contributed by atoms with Crippen LogP contribution in [0.4, 0.5) is 0 Å². The standard InChI is InChI=1S/C16H21NO2/c1-3-19-11-10-17-12-13-8-9-16(18-2)15-7-5-4-6-14(13)15/h4-9,17H,3,10-12H2,1-2H3. The molecule has 0 aliphatic heterocycles. The Morgan fingerprint density at radius 1 is 1.05 bits per heavy atom. The van der Waals surface area contributed by atoms with Crippen LogP contribution in [0.3, 0.4) is 0 Å². The Morgan fingerprint density at radius 2 is 1.84 bits per heavy atom. The normalized spacial score (nSPS) is 10.8. The molecule has 0 heterocycles. The van der Waals surface area contributed by atoms with Crippen molar-refractivity contribution >= 4 is 10.8 Å². The van der Waals surface area contributed by atoms with E-state index in [1.54, 1.807) is 7.11 Å². The van der Waals surface area contributed by atoms with Crippen molar-refractivity contribution in [2.75, 3.05) is 26.9 Å². The minimum Gasteiger partial charge on any atom is -0.496 e. The Hall–Kier alpha value is -1.58. The molecule has 102 valence electrons. The van der Waals surface area contributed by atoms with Crippen molar-refractivity contribution < 1.29 is 9.47 Å². The van der Waals surface area contributed by atoms with Gasteiger partial charge in [-0.15, -0.1) is 0 Å². The minimum atomic E-state index is 0.755. The molecule has 0 amide bonds. The monoisotopic (exact) mass is 259 g/mol. The summed E-state index contributed by atoms with van der Waals surface area (Å²) in [6.45, 7) is 5.25. The SMILES string of the molecule is CCOCCNCc1ccc(OC)c2ccccc12. The van der Waals surface area contributed by atoms with Gasteiger partial charge in [-0.1, -0.05) is 30.3 Å². The van der Waals surface area contributed by atoms with Crippen molar-refractivity contribution in [2.24, 2.45) is 0 Å². The Morgan fingerprint density at radius 3 is 2.58 bits per heavy atom. The molecule has 0 bridgehead atoms. The Bertz CT molecular complexity index is 525. The van der Waals surface area contributed by atoms with Gasteiger partial charge in [0.25, 0.3) is 0 Å². The highest BCUT2D eigenvalue weighted by atomic mass is 16.5. The van der Waals surface area contributed by atoms with E-state index in [0.717, 1.165) is 37.4 Å². The Balaban J connectivity index is 2.11. The van der Waals surface area contributed by atoms with Crippen molar-refractivity contribution in [3.63, 3.8) is 0 Å². The summed E-state index contributed by atoms with van der Waals surface area (Å²) in [4.78, 5) is 0. The maximum absolute atomic E-state index is 5.40. The summed E-state index contributed by atoms with van der Waals surface area (Å²) in [6.07, 6.45) is 0. The zero-order valence-electron chi connectivity index (χ0n) is 11.6. The van der Waals surface area contributed by atoms with E-state index in [0.29, 0.717) is 0 Å². The molecule has 0 aliphatic rings. The molecule has 0 saturated heterocycles. The van der Waals surface area contributed by atoms with E-state index in [1.165, 1.54) is 10.9 Å². The van der Waals surface area contributed by atoms with Gasteiger partial charge in [0.05, 0.1) is 13.7 Å². The summed E-state index contributed by atoms with van der Waals surface area (Å²) < 4.78 is 10.7. The fraction of sp³-hybridized carbons (Fsp3) is 0.375. The number of hydrogen-bond donors (Lipinski definition) is 1. The van der Waals surface area contributed by atoms with Gasteiger partial charge >= 0.3 is 0 Å². The number of ether oxygens (including phenoxy) is 2. The van der Waals surface area contributed by atoms with E-state index in [1.807, 2.05) is 19.1 Å². The van der Waals surface area contributed by atoms with Crippen LogP contribution in [0.2, 0.25) is 0 Å². The quantitative estimate of drug-likeness (QED) is 0.775. The average Bonchev–Trinajstić information content (AvgIpc) is 2.47. The zero-order valence-corrected chi connectivity index (χ0v) is 11.6. The van der Waals surface area contributed by atoms with E-state index in [4.69, 9.17) is 9.47 Å². The first-order chi connectivity index (χ1) is 9.36. The Labute approximate surface area is 114 Å². The summed E-state index contributed by atoms with van der Waals surface area (Å²) in [5.41, 5.74) is 1.29. The smallest absolute Gasteiger partial charge is 0.126 e. The van der Waals surface area contributed by atoms with Gasteiger partial charge in [-0.3, -0.25) is 0 Å². The van der Waals surface area contributed by atoms with Crippen LogP contribution in [0.5, 0.6) is 5.75 Å². The molecule has 0 aromatic heterocycles. The van der Waals surface area contributed by atoms with Crippen LogP contribution in [0.1, 0.15) is 12.5 Å². The molecule has 0 atom stereocenters. The zero-order chi connectivity index (χ0) is 13.5. The first kappa shape index (κ1) is 13.8. The first-order valence-electron chi connectivity index (χ1n) is 6.70. The van der Waals surface area contributed by atoms with Crippen LogP contribution in [-0.4, -0.2) is 26.9 Å². The van der Waals surface area contributed by atoms with Crippen LogP contribution >= 0.6 is 0 Å². The van der Waals surface area contributed by atoms with Crippen molar-refractivity contribution in [1.29, 1.82) is 0 Å². The minimum absolute atomic E-state index is 0.755. The second kappa shape index (κ2) is 7.12. The van der Waals surface area contributed by atoms with E-state index in [2.05, 4.69) is 29.6 Å². The molecule has 0 aliphatic carbocycles. The summed E-state index contributed by atoms with van der Waals surface area (Å²) in [5.74, 6) is 0.925. The van der Waals surface area contributed by atoms with Gasteiger partial charge < -0.3 is 14.8 Å². The van der Waals surface area contributed by atoms with Gasteiger partial charge in [0.15, 0.2) is 0 Å². The fourth-order valence-corrected chi connectivity index (χ4v) is 2.18. The van der Waals surface area contributed by atoms with Crippen LogP contribution in [0.25, 0.3) is 10.8 Å². The van der Waals surface area contributed by atoms with E-state index >= 15 is 0 Å². The van der Waals surface area contributed by atoms with Crippen molar-refractivity contribution in [2.45, 2.75) is 13.5 Å². The fourth-order valence-electron chi connectivity index (χ4n) is 2.18. The van der Waals surface area contributed by atoms with Crippen LogP contribution in [-0.2, 0) is 11.3 Å². The highest BCUT2D eigenvalue weighted by Crippen LogP contribution is 2.28. The first-order valence-corrected chi connectivity index (χ1v) is 6.70. The molecular formula is C16H21NO2. The van der Waals surface area contributed by atoms with E-state index in [-0.39, 0.29) is 0 Å². The predicted octanol–water partition coefficient (Wildman–Crippen LogP) is 2.97. The maximum atomic E-state index is 5.40. The summed E-state index contributed by atoms with van der Waals surface area (Å²) in [7, 11) is 1.71. The molecule has 0 fully saturated rings. The largest absolute Gasteiger partial charge is 0.496 e. The summed E-state index contributed by atoms with van der Waals surface area (Å²) in [5, 5.41) is 5.80. The molecule has 0 radical (unpaired) electrons. The molecule has 2 aromatic rings. The van der Waals surface area contributed by atoms with Gasteiger partial charge in [0, 0.05) is 25.1 Å². The number of methoxy groups -OCH3 is 1. The van der Waals surface area contributed by atoms with Gasteiger partial charge in [0.1, 0.15) is 5.75 Å². The third-order valence-corrected chi connectivity index (χ3v) is 3.14. The second-order valence-corrected chi connectivity index (χ2v) is 4.35. The highest BCUT2D eigenvalue weighted by molar-refractivity contribution is 5.91. The lowest BCUT2D eigenvalue weighted by Gasteiger charge is -2.11. The third kappa shape index (κ3) is 3.46. The summed E-state index contributed by atoms with van der Waals surface area (Å²) >= 11 is 0. The lowest BCUT2D eigenvalue weighted by Crippen LogP contribution is -2.19. The predicted molar refractivity (Wildman–Crippen MR) is 78.7 cm³/mol. The topological polar surface area (TPSA) is 30.5 Å². The molecular weight excluding hydrogens is 238 g/mol. The van der Waals surface area contributed by atoms with Gasteiger partial charge in [-0.2, -0.15) is 0 Å². The molecule has 2 aromatic carbocycles. The average molecular weight is 259 g/mol. The molecule has 0 spiro atoms. The van der Waals surface area contributed by atoms with Crippen molar-refractivity contribution in [1.82, 2.24) is 5.32 Å².